The minimum Gasteiger partial charge on any atom is -0.492 e. The number of anilines is 1. The van der Waals surface area contributed by atoms with E-state index in [-0.39, 0.29) is 0 Å². The Balaban J connectivity index is 1.85. The van der Waals surface area contributed by atoms with E-state index in [1.165, 1.54) is 0 Å². The maximum Gasteiger partial charge on any atom is 0.137 e. The van der Waals surface area contributed by atoms with Crippen molar-refractivity contribution < 1.29 is 4.74 Å². The molecule has 2 aromatic rings. The van der Waals surface area contributed by atoms with E-state index in [1.807, 2.05) is 10.8 Å². The van der Waals surface area contributed by atoms with E-state index in [2.05, 4.69) is 11.1 Å². The van der Waals surface area contributed by atoms with Crippen molar-refractivity contribution in [3.8, 4) is 11.8 Å². The Morgan fingerprint density at radius 2 is 2.33 bits per heavy atom. The molecule has 0 aliphatic heterocycles. The predicted molar refractivity (Wildman–Crippen MR) is 67.9 cm³/mol. The lowest BCUT2D eigenvalue weighted by Gasteiger charge is -2.08. The summed E-state index contributed by atoms with van der Waals surface area (Å²) in [6.07, 6.45) is 6.27. The highest BCUT2D eigenvalue weighted by atomic mass is 16.5. The van der Waals surface area contributed by atoms with E-state index in [0.29, 0.717) is 23.6 Å². The Kier molecular flexibility index (Phi) is 3.82. The van der Waals surface area contributed by atoms with Crippen molar-refractivity contribution in [2.45, 2.75) is 13.0 Å². The van der Waals surface area contributed by atoms with E-state index in [9.17, 15) is 0 Å². The number of hydrogen-bond acceptors (Lipinski definition) is 4. The summed E-state index contributed by atoms with van der Waals surface area (Å²) in [5.41, 5.74) is 6.64. The largest absolute Gasteiger partial charge is 0.492 e. The van der Waals surface area contributed by atoms with Gasteiger partial charge in [0.1, 0.15) is 11.8 Å². The Morgan fingerprint density at radius 3 is 3.06 bits per heavy atom. The Bertz CT molecular complexity index is 543. The van der Waals surface area contributed by atoms with Gasteiger partial charge in [0.05, 0.1) is 18.5 Å². The molecule has 0 aliphatic rings. The van der Waals surface area contributed by atoms with Crippen LogP contribution >= 0.6 is 0 Å². The van der Waals surface area contributed by atoms with E-state index in [1.54, 1.807) is 30.7 Å². The summed E-state index contributed by atoms with van der Waals surface area (Å²) in [7, 11) is 0. The lowest BCUT2D eigenvalue weighted by molar-refractivity contribution is 0.301. The van der Waals surface area contributed by atoms with Gasteiger partial charge in [0, 0.05) is 24.6 Å². The number of aryl methyl sites for hydroxylation is 1. The highest BCUT2D eigenvalue weighted by Crippen LogP contribution is 2.20. The van der Waals surface area contributed by atoms with Gasteiger partial charge in [0.2, 0.25) is 0 Å². The first kappa shape index (κ1) is 12.0. The van der Waals surface area contributed by atoms with Gasteiger partial charge in [0.25, 0.3) is 0 Å². The molecule has 0 atom stereocenters. The average Bonchev–Trinajstić information content (AvgIpc) is 2.89. The molecule has 0 bridgehead atoms. The molecule has 0 fully saturated rings. The molecule has 0 saturated carbocycles. The quantitative estimate of drug-likeness (QED) is 0.640. The number of nitrogens with zero attached hydrogens (tertiary/aromatic N) is 3. The molecule has 0 aliphatic carbocycles. The molecule has 18 heavy (non-hydrogen) atoms. The van der Waals surface area contributed by atoms with Crippen LogP contribution in [0.2, 0.25) is 0 Å². The van der Waals surface area contributed by atoms with Crippen LogP contribution in [0.3, 0.4) is 0 Å². The SMILES string of the molecule is N#Cc1cc(N)ccc1OCCCn1ccnc1. The normalized spacial score (nSPS) is 9.94. The second-order valence-electron chi connectivity index (χ2n) is 3.87. The zero-order chi connectivity index (χ0) is 12.8. The number of rotatable bonds is 5. The van der Waals surface area contributed by atoms with Crippen LogP contribution < -0.4 is 10.5 Å². The second-order valence-corrected chi connectivity index (χ2v) is 3.87. The third kappa shape index (κ3) is 3.01. The zero-order valence-corrected chi connectivity index (χ0v) is 9.91. The smallest absolute Gasteiger partial charge is 0.137 e. The van der Waals surface area contributed by atoms with Crippen molar-refractivity contribution in [3.05, 3.63) is 42.5 Å². The third-order valence-electron chi connectivity index (χ3n) is 2.50. The van der Waals surface area contributed by atoms with Crippen molar-refractivity contribution >= 4 is 5.69 Å². The van der Waals surface area contributed by atoms with Gasteiger partial charge in [0.15, 0.2) is 0 Å². The van der Waals surface area contributed by atoms with E-state index in [4.69, 9.17) is 15.7 Å². The van der Waals surface area contributed by atoms with Crippen molar-refractivity contribution in [2.75, 3.05) is 12.3 Å². The van der Waals surface area contributed by atoms with Gasteiger partial charge in [-0.25, -0.2) is 4.98 Å². The van der Waals surface area contributed by atoms with Crippen molar-refractivity contribution in [3.63, 3.8) is 0 Å². The van der Waals surface area contributed by atoms with E-state index < -0.39 is 0 Å². The third-order valence-corrected chi connectivity index (χ3v) is 2.50. The molecule has 92 valence electrons. The summed E-state index contributed by atoms with van der Waals surface area (Å²) in [6.45, 7) is 1.40. The lowest BCUT2D eigenvalue weighted by atomic mass is 10.2. The fourth-order valence-electron chi connectivity index (χ4n) is 1.61. The van der Waals surface area contributed by atoms with Gasteiger partial charge in [-0.1, -0.05) is 0 Å². The molecule has 1 aromatic carbocycles. The van der Waals surface area contributed by atoms with Crippen molar-refractivity contribution in [1.29, 1.82) is 5.26 Å². The van der Waals surface area contributed by atoms with Crippen LogP contribution in [0.4, 0.5) is 5.69 Å². The molecule has 2 N–H and O–H groups in total. The molecular formula is C13H14N4O. The van der Waals surface area contributed by atoms with Gasteiger partial charge in [-0.3, -0.25) is 0 Å². The number of nitriles is 1. The number of imidazole rings is 1. The highest BCUT2D eigenvalue weighted by molar-refractivity contribution is 5.53. The fraction of sp³-hybridized carbons (Fsp3) is 0.231. The number of aromatic nitrogens is 2. The molecule has 0 amide bonds. The number of nitrogens with two attached hydrogens (primary N) is 1. The first-order valence-corrected chi connectivity index (χ1v) is 5.68. The summed E-state index contributed by atoms with van der Waals surface area (Å²) < 4.78 is 7.55. The highest BCUT2D eigenvalue weighted by Gasteiger charge is 2.03. The maximum atomic E-state index is 8.95. The molecular weight excluding hydrogens is 228 g/mol. The Labute approximate surface area is 105 Å². The van der Waals surface area contributed by atoms with Crippen LogP contribution in [-0.2, 0) is 6.54 Å². The molecule has 0 radical (unpaired) electrons. The van der Waals surface area contributed by atoms with Gasteiger partial charge in [-0.2, -0.15) is 5.26 Å². The van der Waals surface area contributed by atoms with Crippen molar-refractivity contribution in [2.24, 2.45) is 0 Å². The molecule has 0 spiro atoms. The van der Waals surface area contributed by atoms with Gasteiger partial charge < -0.3 is 15.0 Å². The number of ether oxygens (including phenoxy) is 1. The zero-order valence-electron chi connectivity index (χ0n) is 9.91. The minimum atomic E-state index is 0.470. The summed E-state index contributed by atoms with van der Waals surface area (Å²) in [6, 6.07) is 7.14. The molecule has 1 aromatic heterocycles. The van der Waals surface area contributed by atoms with E-state index >= 15 is 0 Å². The predicted octanol–water partition coefficient (Wildman–Crippen LogP) is 1.81. The fourth-order valence-corrected chi connectivity index (χ4v) is 1.61. The summed E-state index contributed by atoms with van der Waals surface area (Å²) in [4.78, 5) is 3.96. The van der Waals surface area contributed by atoms with Crippen LogP contribution in [0.5, 0.6) is 5.75 Å². The average molecular weight is 242 g/mol. The molecule has 0 unspecified atom stereocenters. The van der Waals surface area contributed by atoms with Crippen molar-refractivity contribution in [1.82, 2.24) is 9.55 Å². The van der Waals surface area contributed by atoms with E-state index in [0.717, 1.165) is 13.0 Å². The minimum absolute atomic E-state index is 0.470. The standard InChI is InChI=1S/C13H14N4O/c14-9-11-8-12(15)2-3-13(11)18-7-1-5-17-6-4-16-10-17/h2-4,6,8,10H,1,5,7,15H2. The van der Waals surface area contributed by atoms with Gasteiger partial charge in [-0.15, -0.1) is 0 Å². The topological polar surface area (TPSA) is 76.9 Å². The molecule has 5 nitrogen and oxygen atoms in total. The van der Waals surface area contributed by atoms with Crippen LogP contribution in [0.25, 0.3) is 0 Å². The van der Waals surface area contributed by atoms with Crippen LogP contribution in [-0.4, -0.2) is 16.2 Å². The summed E-state index contributed by atoms with van der Waals surface area (Å²) in [5, 5.41) is 8.95. The molecule has 2 rings (SSSR count). The van der Waals surface area contributed by atoms with Crippen LogP contribution in [0, 0.1) is 11.3 Å². The molecule has 5 heteroatoms. The number of nitrogen functional groups attached to an aromatic ring is 1. The van der Waals surface area contributed by atoms with Gasteiger partial charge >= 0.3 is 0 Å². The lowest BCUT2D eigenvalue weighted by Crippen LogP contribution is -2.04. The second kappa shape index (κ2) is 5.73. The maximum absolute atomic E-state index is 8.95. The Hall–Kier alpha value is -2.48. The first-order chi connectivity index (χ1) is 8.79. The van der Waals surface area contributed by atoms with Crippen LogP contribution in [0.1, 0.15) is 12.0 Å². The molecule has 1 heterocycles. The number of hydrogen-bond donors (Lipinski definition) is 1. The first-order valence-electron chi connectivity index (χ1n) is 5.68. The molecule has 0 saturated heterocycles. The summed E-state index contributed by atoms with van der Waals surface area (Å²) in [5.74, 6) is 0.581. The summed E-state index contributed by atoms with van der Waals surface area (Å²) >= 11 is 0. The van der Waals surface area contributed by atoms with Gasteiger partial charge in [-0.05, 0) is 24.6 Å². The number of benzene rings is 1. The monoisotopic (exact) mass is 242 g/mol. The Morgan fingerprint density at radius 1 is 1.44 bits per heavy atom. The van der Waals surface area contributed by atoms with Crippen LogP contribution in [0.15, 0.2) is 36.9 Å².